The Bertz CT molecular complexity index is 1550. The first-order valence-corrected chi connectivity index (χ1v) is 12.1. The van der Waals surface area contributed by atoms with Gasteiger partial charge in [0.05, 0.1) is 0 Å². The molecule has 0 fully saturated rings. The van der Waals surface area contributed by atoms with Crippen molar-refractivity contribution in [3.8, 4) is 22.3 Å². The summed E-state index contributed by atoms with van der Waals surface area (Å²) in [7, 11) is 0. The minimum atomic E-state index is -1.36. The van der Waals surface area contributed by atoms with Crippen LogP contribution in [0.4, 0.5) is 0 Å². The summed E-state index contributed by atoms with van der Waals surface area (Å²) in [5.74, 6) is 0. The van der Waals surface area contributed by atoms with Crippen LogP contribution in [0, 0.1) is 0 Å². The molecule has 2 heteroatoms. The summed E-state index contributed by atoms with van der Waals surface area (Å²) >= 11 is 6.19. The number of benzene rings is 5. The lowest BCUT2D eigenvalue weighted by Gasteiger charge is -2.34. The molecule has 1 nitrogen and oxygen atoms in total. The number of halogens is 1. The summed E-state index contributed by atoms with van der Waals surface area (Å²) < 4.78 is 0. The van der Waals surface area contributed by atoms with Crippen LogP contribution in [0.25, 0.3) is 34.4 Å². The standard InChI is InChI=1S/C33H23ClO/c34-28-20-18-24(19-21-28)29-11-5-7-13-31(29)33(35)30-12-6-4-10-25(30)14-15-26-16-17-27(22-32(26)33)23-8-2-1-3-9-23/h1-22,35H. The van der Waals surface area contributed by atoms with E-state index in [-0.39, 0.29) is 0 Å². The first-order valence-electron chi connectivity index (χ1n) is 11.7. The summed E-state index contributed by atoms with van der Waals surface area (Å²) in [6.45, 7) is 0. The van der Waals surface area contributed by atoms with Crippen LogP contribution in [-0.4, -0.2) is 5.11 Å². The van der Waals surface area contributed by atoms with Gasteiger partial charge in [0.1, 0.15) is 5.60 Å². The van der Waals surface area contributed by atoms with Crippen LogP contribution in [0.1, 0.15) is 27.8 Å². The molecule has 0 amide bonds. The molecule has 1 unspecified atom stereocenters. The Hall–Kier alpha value is -3.91. The molecule has 0 aromatic heterocycles. The Morgan fingerprint density at radius 3 is 1.86 bits per heavy atom. The number of hydrogen-bond donors (Lipinski definition) is 1. The Balaban J connectivity index is 1.67. The second kappa shape index (κ2) is 8.70. The normalized spacial score (nSPS) is 16.3. The predicted octanol–water partition coefficient (Wildman–Crippen LogP) is 8.44. The maximum absolute atomic E-state index is 12.9. The topological polar surface area (TPSA) is 20.2 Å². The molecule has 0 heterocycles. The Morgan fingerprint density at radius 1 is 0.486 bits per heavy atom. The lowest BCUT2D eigenvalue weighted by molar-refractivity contribution is 0.126. The lowest BCUT2D eigenvalue weighted by Crippen LogP contribution is -2.31. The van der Waals surface area contributed by atoms with E-state index in [1.807, 2.05) is 78.9 Å². The van der Waals surface area contributed by atoms with Crippen LogP contribution in [0.3, 0.4) is 0 Å². The van der Waals surface area contributed by atoms with Crippen LogP contribution < -0.4 is 0 Å². The van der Waals surface area contributed by atoms with Gasteiger partial charge in [-0.3, -0.25) is 0 Å². The lowest BCUT2D eigenvalue weighted by atomic mass is 9.74. The first-order chi connectivity index (χ1) is 17.1. The van der Waals surface area contributed by atoms with Gasteiger partial charge >= 0.3 is 0 Å². The van der Waals surface area contributed by atoms with Gasteiger partial charge in [-0.2, -0.15) is 0 Å². The fourth-order valence-electron chi connectivity index (χ4n) is 5.09. The molecule has 1 N–H and O–H groups in total. The molecule has 5 aromatic carbocycles. The van der Waals surface area contributed by atoms with E-state index in [1.54, 1.807) is 0 Å². The molecule has 0 saturated carbocycles. The van der Waals surface area contributed by atoms with Crippen molar-refractivity contribution in [1.29, 1.82) is 0 Å². The van der Waals surface area contributed by atoms with Crippen molar-refractivity contribution in [2.45, 2.75) is 5.60 Å². The van der Waals surface area contributed by atoms with Gasteiger partial charge in [-0.15, -0.1) is 0 Å². The Kier molecular flexibility index (Phi) is 5.37. The Labute approximate surface area is 210 Å². The number of rotatable bonds is 3. The van der Waals surface area contributed by atoms with Crippen molar-refractivity contribution < 1.29 is 5.11 Å². The van der Waals surface area contributed by atoms with Crippen molar-refractivity contribution in [2.75, 3.05) is 0 Å². The van der Waals surface area contributed by atoms with Gasteiger partial charge in [0.15, 0.2) is 0 Å². The predicted molar refractivity (Wildman–Crippen MR) is 146 cm³/mol. The van der Waals surface area contributed by atoms with E-state index in [1.165, 1.54) is 0 Å². The molecule has 1 aliphatic carbocycles. The van der Waals surface area contributed by atoms with Gasteiger partial charge in [-0.1, -0.05) is 127 Å². The molecule has 0 spiro atoms. The van der Waals surface area contributed by atoms with Gasteiger partial charge in [0, 0.05) is 16.1 Å². The SMILES string of the molecule is OC1(c2ccccc2-c2ccc(Cl)cc2)c2ccccc2C=Cc2ccc(-c3ccccc3)cc21. The molecule has 5 aromatic rings. The van der Waals surface area contributed by atoms with Crippen LogP contribution in [0.15, 0.2) is 121 Å². The van der Waals surface area contributed by atoms with Gasteiger partial charge in [0.2, 0.25) is 0 Å². The molecule has 6 rings (SSSR count). The fraction of sp³-hybridized carbons (Fsp3) is 0.0303. The number of aliphatic hydroxyl groups is 1. The molecule has 0 aliphatic heterocycles. The molecule has 0 radical (unpaired) electrons. The number of hydrogen-bond acceptors (Lipinski definition) is 1. The summed E-state index contributed by atoms with van der Waals surface area (Å²) in [5.41, 5.74) is 7.36. The second-order valence-corrected chi connectivity index (χ2v) is 9.29. The molecule has 35 heavy (non-hydrogen) atoms. The number of fused-ring (bicyclic) bond motifs is 2. The smallest absolute Gasteiger partial charge is 0.142 e. The summed E-state index contributed by atoms with van der Waals surface area (Å²) in [5, 5.41) is 13.6. The van der Waals surface area contributed by atoms with Crippen molar-refractivity contribution in [3.63, 3.8) is 0 Å². The van der Waals surface area contributed by atoms with Crippen molar-refractivity contribution in [3.05, 3.63) is 154 Å². The van der Waals surface area contributed by atoms with Crippen LogP contribution in [0.5, 0.6) is 0 Å². The summed E-state index contributed by atoms with van der Waals surface area (Å²) in [6, 6.07) is 40.7. The highest BCUT2D eigenvalue weighted by Gasteiger charge is 2.39. The molecule has 168 valence electrons. The van der Waals surface area contributed by atoms with Crippen molar-refractivity contribution >= 4 is 23.8 Å². The third kappa shape index (κ3) is 3.70. The third-order valence-electron chi connectivity index (χ3n) is 6.82. The van der Waals surface area contributed by atoms with Crippen LogP contribution in [-0.2, 0) is 5.60 Å². The van der Waals surface area contributed by atoms with Crippen LogP contribution in [0.2, 0.25) is 5.02 Å². The maximum atomic E-state index is 12.9. The average molecular weight is 471 g/mol. The first kappa shape index (κ1) is 21.6. The monoisotopic (exact) mass is 470 g/mol. The molecule has 1 atom stereocenters. The summed E-state index contributed by atoms with van der Waals surface area (Å²) in [4.78, 5) is 0. The highest BCUT2D eigenvalue weighted by molar-refractivity contribution is 6.30. The highest BCUT2D eigenvalue weighted by atomic mass is 35.5. The van der Waals surface area contributed by atoms with E-state index in [9.17, 15) is 5.11 Å². The minimum absolute atomic E-state index is 0.687. The van der Waals surface area contributed by atoms with Crippen LogP contribution >= 0.6 is 11.6 Å². The van der Waals surface area contributed by atoms with Crippen molar-refractivity contribution in [2.24, 2.45) is 0 Å². The van der Waals surface area contributed by atoms with Gasteiger partial charge in [-0.05, 0) is 57.1 Å². The second-order valence-electron chi connectivity index (χ2n) is 8.85. The van der Waals surface area contributed by atoms with E-state index in [0.29, 0.717) is 5.02 Å². The molecule has 0 bridgehead atoms. The minimum Gasteiger partial charge on any atom is -0.376 e. The van der Waals surface area contributed by atoms with Gasteiger partial charge in [0.25, 0.3) is 0 Å². The van der Waals surface area contributed by atoms with E-state index < -0.39 is 5.60 Å². The third-order valence-corrected chi connectivity index (χ3v) is 7.07. The van der Waals surface area contributed by atoms with Gasteiger partial charge in [-0.25, -0.2) is 0 Å². The van der Waals surface area contributed by atoms with E-state index in [0.717, 1.165) is 50.1 Å². The van der Waals surface area contributed by atoms with E-state index >= 15 is 0 Å². The maximum Gasteiger partial charge on any atom is 0.142 e. The average Bonchev–Trinajstić information content (AvgIpc) is 3.04. The largest absolute Gasteiger partial charge is 0.376 e. The van der Waals surface area contributed by atoms with Crippen molar-refractivity contribution in [1.82, 2.24) is 0 Å². The summed E-state index contributed by atoms with van der Waals surface area (Å²) in [6.07, 6.45) is 4.20. The molecule has 1 aliphatic rings. The van der Waals surface area contributed by atoms with Gasteiger partial charge < -0.3 is 5.11 Å². The zero-order valence-corrected chi connectivity index (χ0v) is 19.8. The Morgan fingerprint density at radius 2 is 1.09 bits per heavy atom. The highest BCUT2D eigenvalue weighted by Crippen LogP contribution is 2.47. The molecular weight excluding hydrogens is 448 g/mol. The van der Waals surface area contributed by atoms with E-state index in [2.05, 4.69) is 54.6 Å². The fourth-order valence-corrected chi connectivity index (χ4v) is 5.22. The molecule has 0 saturated heterocycles. The zero-order chi connectivity index (χ0) is 23.8. The quantitative estimate of drug-likeness (QED) is 0.280. The van der Waals surface area contributed by atoms with E-state index in [4.69, 9.17) is 11.6 Å². The molecular formula is C33H23ClO. The zero-order valence-electron chi connectivity index (χ0n) is 19.0.